The Morgan fingerprint density at radius 2 is 1.72 bits per heavy atom. The van der Waals surface area contributed by atoms with Gasteiger partial charge in [-0.1, -0.05) is 13.8 Å². The van der Waals surface area contributed by atoms with E-state index in [-0.39, 0.29) is 0 Å². The number of halogens is 1. The van der Waals surface area contributed by atoms with E-state index in [4.69, 9.17) is 12.5 Å². The van der Waals surface area contributed by atoms with Crippen LogP contribution in [0.25, 0.3) is 0 Å². The Kier molecular flexibility index (Phi) is 9.76. The van der Waals surface area contributed by atoms with Gasteiger partial charge in [0.1, 0.15) is 23.0 Å². The summed E-state index contributed by atoms with van der Waals surface area (Å²) < 4.78 is 17.4. The summed E-state index contributed by atoms with van der Waals surface area (Å²) >= 11 is 2.00. The van der Waals surface area contributed by atoms with E-state index in [0.29, 0.717) is 53.8 Å². The second-order valence-corrected chi connectivity index (χ2v) is 12.6. The molecule has 0 aliphatic heterocycles. The van der Waals surface area contributed by atoms with Crippen LogP contribution in [0.15, 0.2) is 0 Å². The molecule has 3 saturated carbocycles. The molecule has 0 saturated heterocycles. The summed E-state index contributed by atoms with van der Waals surface area (Å²) in [4.78, 5) is 0. The van der Waals surface area contributed by atoms with Gasteiger partial charge in [-0.3, -0.25) is 0 Å². The molecule has 188 valence electrons. The molecule has 2 N–H and O–H groups in total. The maximum atomic E-state index is 11.4. The summed E-state index contributed by atoms with van der Waals surface area (Å²) in [6, 6.07) is 0.552. The minimum Gasteiger partial charge on any atom is -0.390 e. The number of ether oxygens (including phenoxy) is 2. The van der Waals surface area contributed by atoms with Gasteiger partial charge in [0.2, 0.25) is 0 Å². The highest BCUT2D eigenvalue weighted by Gasteiger charge is 2.47. The van der Waals surface area contributed by atoms with E-state index < -0.39 is 5.60 Å². The van der Waals surface area contributed by atoms with Gasteiger partial charge in [0.05, 0.1) is 36.1 Å². The first-order valence-electron chi connectivity index (χ1n) is 13.0. The molecule has 6 heteroatoms. The van der Waals surface area contributed by atoms with Gasteiger partial charge < -0.3 is 23.0 Å². The lowest BCUT2D eigenvalue weighted by atomic mass is 9.77. The van der Waals surface area contributed by atoms with Crippen molar-refractivity contribution in [2.75, 3.05) is 6.54 Å². The van der Waals surface area contributed by atoms with Crippen LogP contribution >= 0.6 is 23.0 Å². The average molecular weight is 566 g/mol. The molecular weight excluding hydrogens is 517 g/mol. The Hall–Kier alpha value is 0.530. The molecule has 0 amide bonds. The van der Waals surface area contributed by atoms with E-state index in [1.54, 1.807) is 0 Å². The van der Waals surface area contributed by atoms with Gasteiger partial charge in [-0.05, 0) is 96.4 Å². The third kappa shape index (κ3) is 7.51. The largest absolute Gasteiger partial charge is 0.390 e. The highest BCUT2D eigenvalue weighted by atomic mass is 127. The first-order chi connectivity index (χ1) is 15.0. The molecule has 0 aromatic heterocycles. The highest BCUT2D eigenvalue weighted by Crippen LogP contribution is 2.52. The number of hydrogen-bond acceptors (Lipinski definition) is 5. The predicted octanol–water partition coefficient (Wildman–Crippen LogP) is 5.81. The second kappa shape index (κ2) is 11.5. The molecule has 3 aliphatic carbocycles. The molecule has 5 nitrogen and oxygen atoms in total. The van der Waals surface area contributed by atoms with Gasteiger partial charge in [0, 0.05) is 18.9 Å². The van der Waals surface area contributed by atoms with Crippen molar-refractivity contribution < 1.29 is 17.6 Å². The Labute approximate surface area is 210 Å². The fourth-order valence-corrected chi connectivity index (χ4v) is 6.78. The van der Waals surface area contributed by atoms with Crippen LogP contribution in [-0.4, -0.2) is 53.8 Å². The van der Waals surface area contributed by atoms with Crippen molar-refractivity contribution in [1.29, 1.82) is 0 Å². The SMILES string of the molecule is CC(C)OC1CC(NCCC(C)(O)[C@@H]2CC(C)(CCC(C)OC3CC(OI)C3)C[C@@H]2C)C1. The molecule has 0 bridgehead atoms. The quantitative estimate of drug-likeness (QED) is 0.276. The number of aliphatic hydroxyl groups is 1. The molecule has 3 fully saturated rings. The van der Waals surface area contributed by atoms with Gasteiger partial charge in [0.25, 0.3) is 0 Å². The minimum absolute atomic E-state index is 0.303. The minimum atomic E-state index is -0.607. The molecule has 0 aromatic carbocycles. The summed E-state index contributed by atoms with van der Waals surface area (Å²) in [7, 11) is 0. The zero-order chi connectivity index (χ0) is 23.5. The normalized spacial score (nSPS) is 40.0. The van der Waals surface area contributed by atoms with Gasteiger partial charge in [-0.15, -0.1) is 0 Å². The molecule has 32 heavy (non-hydrogen) atoms. The van der Waals surface area contributed by atoms with Gasteiger partial charge in [-0.25, -0.2) is 0 Å². The van der Waals surface area contributed by atoms with E-state index in [9.17, 15) is 5.11 Å². The lowest BCUT2D eigenvalue weighted by Gasteiger charge is -2.39. The Bertz CT molecular complexity index is 576. The summed E-state index contributed by atoms with van der Waals surface area (Å²) in [6.07, 6.45) is 11.5. The van der Waals surface area contributed by atoms with Gasteiger partial charge >= 0.3 is 0 Å². The smallest absolute Gasteiger partial charge is 0.110 e. The lowest BCUT2D eigenvalue weighted by molar-refractivity contribution is -0.0861. The van der Waals surface area contributed by atoms with Crippen molar-refractivity contribution in [3.63, 3.8) is 0 Å². The highest BCUT2D eigenvalue weighted by molar-refractivity contribution is 14.1. The van der Waals surface area contributed by atoms with E-state index in [0.717, 1.165) is 51.5 Å². The molecule has 3 aliphatic rings. The molecule has 5 atom stereocenters. The number of hydrogen-bond donors (Lipinski definition) is 2. The molecule has 0 radical (unpaired) electrons. The number of rotatable bonds is 13. The van der Waals surface area contributed by atoms with Crippen LogP contribution < -0.4 is 5.32 Å². The molecule has 0 aromatic rings. The topological polar surface area (TPSA) is 60.0 Å². The third-order valence-electron chi connectivity index (χ3n) is 8.39. The fourth-order valence-electron chi connectivity index (χ4n) is 6.36. The van der Waals surface area contributed by atoms with Crippen molar-refractivity contribution >= 4 is 23.0 Å². The number of nitrogens with one attached hydrogen (secondary N) is 1. The second-order valence-electron chi connectivity index (χ2n) is 12.1. The van der Waals surface area contributed by atoms with Crippen LogP contribution in [-0.2, 0) is 12.5 Å². The first-order valence-corrected chi connectivity index (χ1v) is 13.9. The van der Waals surface area contributed by atoms with Gasteiger partial charge in [0.15, 0.2) is 0 Å². The van der Waals surface area contributed by atoms with Crippen LogP contribution in [0, 0.1) is 17.3 Å². The molecule has 3 rings (SSSR count). The Morgan fingerprint density at radius 1 is 1.06 bits per heavy atom. The zero-order valence-corrected chi connectivity index (χ0v) is 23.4. The standard InChI is InChI=1S/C26H48INO4/c1-17(2)30-21-11-20(12-21)28-10-9-26(6,29)24-16-25(5,15-18(24)3)8-7-19(4)31-22-13-23(14-22)32-27/h17-24,28-29H,7-16H2,1-6H3/t18-,19?,20?,21?,22?,23?,24+,25?,26?/m0/s1. The van der Waals surface area contributed by atoms with E-state index >= 15 is 0 Å². The zero-order valence-electron chi connectivity index (χ0n) is 21.2. The van der Waals surface area contributed by atoms with Crippen molar-refractivity contribution in [3.8, 4) is 0 Å². The maximum absolute atomic E-state index is 11.4. The van der Waals surface area contributed by atoms with Crippen molar-refractivity contribution in [2.24, 2.45) is 17.3 Å². The van der Waals surface area contributed by atoms with E-state index in [2.05, 4.69) is 46.9 Å². The maximum Gasteiger partial charge on any atom is 0.110 e. The Balaban J connectivity index is 1.36. The molecule has 3 unspecified atom stereocenters. The van der Waals surface area contributed by atoms with Gasteiger partial charge in [-0.2, -0.15) is 0 Å². The van der Waals surface area contributed by atoms with Crippen LogP contribution in [0.4, 0.5) is 0 Å². The van der Waals surface area contributed by atoms with E-state index in [1.807, 2.05) is 23.0 Å². The summed E-state index contributed by atoms with van der Waals surface area (Å²) in [5.74, 6) is 0.934. The molecular formula is C26H48INO4. The predicted molar refractivity (Wildman–Crippen MR) is 138 cm³/mol. The Morgan fingerprint density at radius 3 is 2.34 bits per heavy atom. The van der Waals surface area contributed by atoms with E-state index in [1.165, 1.54) is 12.8 Å². The van der Waals surface area contributed by atoms with Crippen LogP contribution in [0.3, 0.4) is 0 Å². The molecule has 0 heterocycles. The van der Waals surface area contributed by atoms with Crippen molar-refractivity contribution in [3.05, 3.63) is 0 Å². The third-order valence-corrected chi connectivity index (χ3v) is 9.11. The monoisotopic (exact) mass is 565 g/mol. The first kappa shape index (κ1) is 27.1. The summed E-state index contributed by atoms with van der Waals surface area (Å²) in [5, 5.41) is 15.0. The summed E-state index contributed by atoms with van der Waals surface area (Å²) in [5.41, 5.74) is -0.299. The summed E-state index contributed by atoms with van der Waals surface area (Å²) in [6.45, 7) is 14.2. The average Bonchev–Trinajstić information content (AvgIpc) is 2.96. The van der Waals surface area contributed by atoms with Crippen LogP contribution in [0.2, 0.25) is 0 Å². The van der Waals surface area contributed by atoms with Crippen molar-refractivity contribution in [2.45, 2.75) is 141 Å². The van der Waals surface area contributed by atoms with Crippen LogP contribution in [0.5, 0.6) is 0 Å². The lowest BCUT2D eigenvalue weighted by Crippen LogP contribution is -2.48. The van der Waals surface area contributed by atoms with Crippen LogP contribution in [0.1, 0.15) is 99.3 Å². The molecule has 0 spiro atoms. The fraction of sp³-hybridized carbons (Fsp3) is 1.00. The van der Waals surface area contributed by atoms with Crippen molar-refractivity contribution in [1.82, 2.24) is 5.32 Å².